The van der Waals surface area contributed by atoms with E-state index in [1.54, 1.807) is 24.8 Å². The third-order valence-corrected chi connectivity index (χ3v) is 4.23. The van der Waals surface area contributed by atoms with Gasteiger partial charge in [-0.3, -0.25) is 10.1 Å². The molecule has 2 N–H and O–H groups in total. The first-order chi connectivity index (χ1) is 10.8. The van der Waals surface area contributed by atoms with Gasteiger partial charge in [0.2, 0.25) is 0 Å². The van der Waals surface area contributed by atoms with Crippen molar-refractivity contribution in [3.8, 4) is 0 Å². The molecule has 0 radical (unpaired) electrons. The molecular formula is C16H23N3O4. The predicted molar refractivity (Wildman–Crippen MR) is 87.6 cm³/mol. The fourth-order valence-corrected chi connectivity index (χ4v) is 3.10. The molecule has 0 unspecified atom stereocenters. The van der Waals surface area contributed by atoms with E-state index in [0.29, 0.717) is 24.2 Å². The lowest BCUT2D eigenvalue weighted by Gasteiger charge is -2.26. The second-order valence-corrected chi connectivity index (χ2v) is 6.22. The molecule has 1 fully saturated rings. The Morgan fingerprint density at radius 2 is 2.17 bits per heavy atom. The van der Waals surface area contributed by atoms with Crippen molar-refractivity contribution in [1.29, 1.82) is 0 Å². The van der Waals surface area contributed by atoms with E-state index in [4.69, 9.17) is 0 Å². The molecule has 1 saturated heterocycles. The molecule has 0 aromatic heterocycles. The van der Waals surface area contributed by atoms with Crippen molar-refractivity contribution in [2.75, 3.05) is 11.9 Å². The highest BCUT2D eigenvalue weighted by atomic mass is 16.6. The molecule has 1 aromatic rings. The summed E-state index contributed by atoms with van der Waals surface area (Å²) in [6.45, 7) is 5.83. The summed E-state index contributed by atoms with van der Waals surface area (Å²) < 4.78 is 0. The molecule has 126 valence electrons. The molecule has 0 saturated carbocycles. The van der Waals surface area contributed by atoms with Crippen LogP contribution in [0.4, 0.5) is 16.2 Å². The Morgan fingerprint density at radius 1 is 1.48 bits per heavy atom. The second kappa shape index (κ2) is 6.95. The highest BCUT2D eigenvalue weighted by Crippen LogP contribution is 2.28. The van der Waals surface area contributed by atoms with Crippen LogP contribution in [0.5, 0.6) is 0 Å². The van der Waals surface area contributed by atoms with Gasteiger partial charge >= 0.3 is 6.03 Å². The van der Waals surface area contributed by atoms with Crippen LogP contribution < -0.4 is 5.32 Å². The fraction of sp³-hybridized carbons (Fsp3) is 0.562. The van der Waals surface area contributed by atoms with Gasteiger partial charge in [-0.2, -0.15) is 0 Å². The van der Waals surface area contributed by atoms with E-state index in [1.165, 1.54) is 6.07 Å². The largest absolute Gasteiger partial charge is 0.393 e. The molecule has 2 rings (SSSR count). The SMILES string of the molecule is Cc1cc(C)c([N+](=O)[O-])cc1NC(=O)N1CCC[C@H]1C[C@H](C)O. The number of aliphatic hydroxyl groups is 1. The summed E-state index contributed by atoms with van der Waals surface area (Å²) >= 11 is 0. The van der Waals surface area contributed by atoms with Crippen LogP contribution in [0.3, 0.4) is 0 Å². The maximum atomic E-state index is 12.5. The van der Waals surface area contributed by atoms with Crippen LogP contribution in [-0.2, 0) is 0 Å². The highest BCUT2D eigenvalue weighted by molar-refractivity contribution is 5.91. The molecule has 7 heteroatoms. The minimum absolute atomic E-state index is 0.00662. The Hall–Kier alpha value is -2.15. The van der Waals surface area contributed by atoms with Crippen molar-refractivity contribution < 1.29 is 14.8 Å². The minimum Gasteiger partial charge on any atom is -0.393 e. The number of anilines is 1. The number of carbonyl (C=O) groups excluding carboxylic acids is 1. The van der Waals surface area contributed by atoms with Gasteiger partial charge in [0.1, 0.15) is 0 Å². The molecule has 23 heavy (non-hydrogen) atoms. The molecule has 1 aliphatic rings. The van der Waals surface area contributed by atoms with Gasteiger partial charge in [0.25, 0.3) is 5.69 Å². The van der Waals surface area contributed by atoms with Crippen molar-refractivity contribution in [2.45, 2.75) is 52.2 Å². The fourth-order valence-electron chi connectivity index (χ4n) is 3.10. The summed E-state index contributed by atoms with van der Waals surface area (Å²) in [5.41, 5.74) is 1.80. The number of nitro benzene ring substituents is 1. The van der Waals surface area contributed by atoms with Gasteiger partial charge < -0.3 is 15.3 Å². The van der Waals surface area contributed by atoms with E-state index in [9.17, 15) is 20.0 Å². The smallest absolute Gasteiger partial charge is 0.322 e. The number of carbonyl (C=O) groups is 1. The summed E-state index contributed by atoms with van der Waals surface area (Å²) in [4.78, 5) is 24.8. The number of hydrogen-bond donors (Lipinski definition) is 2. The Kier molecular flexibility index (Phi) is 5.20. The first-order valence-corrected chi connectivity index (χ1v) is 7.81. The zero-order chi connectivity index (χ0) is 17.1. The third-order valence-electron chi connectivity index (χ3n) is 4.23. The van der Waals surface area contributed by atoms with E-state index in [1.807, 2.05) is 6.92 Å². The molecule has 1 aromatic carbocycles. The Balaban J connectivity index is 2.16. The van der Waals surface area contributed by atoms with Crippen molar-refractivity contribution in [3.63, 3.8) is 0 Å². The summed E-state index contributed by atoms with van der Waals surface area (Å²) in [6, 6.07) is 2.85. The predicted octanol–water partition coefficient (Wildman–Crippen LogP) is 2.98. The van der Waals surface area contributed by atoms with Crippen LogP contribution in [0.2, 0.25) is 0 Å². The molecule has 1 heterocycles. The standard InChI is InChI=1S/C16H23N3O4/c1-10-7-11(2)15(19(22)23)9-14(10)17-16(21)18-6-4-5-13(18)8-12(3)20/h7,9,12-13,20H,4-6,8H2,1-3H3,(H,17,21)/t12-,13-/m0/s1. The summed E-state index contributed by atoms with van der Waals surface area (Å²) in [7, 11) is 0. The van der Waals surface area contributed by atoms with Gasteiger partial charge in [-0.15, -0.1) is 0 Å². The number of nitrogens with zero attached hydrogens (tertiary/aromatic N) is 2. The molecule has 0 aliphatic carbocycles. The first-order valence-electron chi connectivity index (χ1n) is 7.81. The minimum atomic E-state index is -0.462. The Morgan fingerprint density at radius 3 is 2.78 bits per heavy atom. The number of nitro groups is 1. The highest BCUT2D eigenvalue weighted by Gasteiger charge is 2.30. The quantitative estimate of drug-likeness (QED) is 0.658. The Labute approximate surface area is 135 Å². The van der Waals surface area contributed by atoms with Gasteiger partial charge in [0.05, 0.1) is 16.7 Å². The van der Waals surface area contributed by atoms with Crippen molar-refractivity contribution in [2.24, 2.45) is 0 Å². The van der Waals surface area contributed by atoms with Crippen LogP contribution in [0.15, 0.2) is 12.1 Å². The van der Waals surface area contributed by atoms with Crippen molar-refractivity contribution in [3.05, 3.63) is 33.4 Å². The number of benzene rings is 1. The first kappa shape index (κ1) is 17.2. The van der Waals surface area contributed by atoms with Gasteiger partial charge in [-0.05, 0) is 51.7 Å². The summed E-state index contributed by atoms with van der Waals surface area (Å²) in [6.07, 6.45) is 1.85. The number of amides is 2. The lowest BCUT2D eigenvalue weighted by atomic mass is 10.1. The van der Waals surface area contributed by atoms with Gasteiger partial charge in [-0.1, -0.05) is 0 Å². The summed E-state index contributed by atoms with van der Waals surface area (Å²) in [5.74, 6) is 0. The van der Waals surface area contributed by atoms with E-state index in [-0.39, 0.29) is 17.8 Å². The van der Waals surface area contributed by atoms with Crippen LogP contribution in [0.1, 0.15) is 37.3 Å². The lowest BCUT2D eigenvalue weighted by molar-refractivity contribution is -0.385. The number of likely N-dealkylation sites (tertiary alicyclic amines) is 1. The van der Waals surface area contributed by atoms with Crippen LogP contribution >= 0.6 is 0 Å². The normalized spacial score (nSPS) is 18.8. The molecule has 2 amide bonds. The molecule has 0 bridgehead atoms. The number of rotatable bonds is 4. The van der Waals surface area contributed by atoms with E-state index in [2.05, 4.69) is 5.32 Å². The van der Waals surface area contributed by atoms with Gasteiger partial charge in [0.15, 0.2) is 0 Å². The van der Waals surface area contributed by atoms with E-state index in [0.717, 1.165) is 18.4 Å². The zero-order valence-electron chi connectivity index (χ0n) is 13.7. The van der Waals surface area contributed by atoms with E-state index < -0.39 is 11.0 Å². The lowest BCUT2D eigenvalue weighted by Crippen LogP contribution is -2.40. The van der Waals surface area contributed by atoms with Crippen LogP contribution in [0, 0.1) is 24.0 Å². The number of nitrogens with one attached hydrogen (secondary N) is 1. The maximum absolute atomic E-state index is 12.5. The van der Waals surface area contributed by atoms with E-state index >= 15 is 0 Å². The zero-order valence-corrected chi connectivity index (χ0v) is 13.7. The maximum Gasteiger partial charge on any atom is 0.322 e. The monoisotopic (exact) mass is 321 g/mol. The number of aliphatic hydroxyl groups excluding tert-OH is 1. The molecule has 1 aliphatic heterocycles. The molecular weight excluding hydrogens is 298 g/mol. The average molecular weight is 321 g/mol. The van der Waals surface area contributed by atoms with Crippen LogP contribution in [0.25, 0.3) is 0 Å². The van der Waals surface area contributed by atoms with Crippen molar-refractivity contribution >= 4 is 17.4 Å². The summed E-state index contributed by atoms with van der Waals surface area (Å²) in [5, 5.41) is 23.4. The average Bonchev–Trinajstić information content (AvgIpc) is 2.88. The van der Waals surface area contributed by atoms with Crippen LogP contribution in [-0.4, -0.2) is 39.7 Å². The van der Waals surface area contributed by atoms with Gasteiger partial charge in [0, 0.05) is 24.2 Å². The number of hydrogen-bond acceptors (Lipinski definition) is 4. The molecule has 7 nitrogen and oxygen atoms in total. The third kappa shape index (κ3) is 3.98. The number of urea groups is 1. The topological polar surface area (TPSA) is 95.7 Å². The number of aryl methyl sites for hydroxylation is 2. The Bertz CT molecular complexity index is 616. The van der Waals surface area contributed by atoms with Crippen molar-refractivity contribution in [1.82, 2.24) is 4.90 Å². The second-order valence-electron chi connectivity index (χ2n) is 6.22. The molecule has 2 atom stereocenters. The molecule has 0 spiro atoms. The van der Waals surface area contributed by atoms with Gasteiger partial charge in [-0.25, -0.2) is 4.79 Å².